The molecule has 1 aliphatic rings. The quantitative estimate of drug-likeness (QED) is 0.877. The second-order valence-corrected chi connectivity index (χ2v) is 5.40. The minimum atomic E-state index is -0.0517. The molecule has 2 rings (SSSR count). The van der Waals surface area contributed by atoms with Crippen LogP contribution in [0.3, 0.4) is 0 Å². The lowest BCUT2D eigenvalue weighted by molar-refractivity contribution is -0.125. The second-order valence-electron chi connectivity index (χ2n) is 5.40. The maximum absolute atomic E-state index is 12.0. The molecule has 1 aromatic rings. The molecule has 5 heteroatoms. The Hall–Kier alpha value is -1.90. The van der Waals surface area contributed by atoms with Gasteiger partial charge in [-0.3, -0.25) is 9.69 Å². The molecule has 112 valence electrons. The molecule has 0 aromatic heterocycles. The van der Waals surface area contributed by atoms with Crippen molar-refractivity contribution in [1.29, 1.82) is 5.26 Å². The average molecular weight is 287 g/mol. The van der Waals surface area contributed by atoms with Crippen LogP contribution in [-0.4, -0.2) is 44.7 Å². The van der Waals surface area contributed by atoms with Gasteiger partial charge in [0.1, 0.15) is 0 Å². The number of amides is 1. The Morgan fingerprint density at radius 2 is 2.24 bits per heavy atom. The van der Waals surface area contributed by atoms with Crippen molar-refractivity contribution in [3.63, 3.8) is 0 Å². The zero-order chi connectivity index (χ0) is 15.2. The molecule has 21 heavy (non-hydrogen) atoms. The SMILES string of the molecule is CNC(=O)[C@@H]1CN(Cc2ccccc2C#N)C[C@H]1COC. The largest absolute Gasteiger partial charge is 0.384 e. The number of nitriles is 1. The summed E-state index contributed by atoms with van der Waals surface area (Å²) < 4.78 is 5.24. The molecule has 0 aliphatic carbocycles. The first-order valence-electron chi connectivity index (χ1n) is 7.10. The summed E-state index contributed by atoms with van der Waals surface area (Å²) in [5.41, 5.74) is 1.71. The molecule has 0 bridgehead atoms. The van der Waals surface area contributed by atoms with E-state index in [4.69, 9.17) is 10.00 Å². The molecular formula is C16H21N3O2. The summed E-state index contributed by atoms with van der Waals surface area (Å²) in [4.78, 5) is 14.2. The van der Waals surface area contributed by atoms with E-state index in [0.29, 0.717) is 25.3 Å². The number of ether oxygens (including phenoxy) is 1. The Labute approximate surface area is 125 Å². The number of rotatable bonds is 5. The van der Waals surface area contributed by atoms with Gasteiger partial charge in [0, 0.05) is 39.7 Å². The maximum Gasteiger partial charge on any atom is 0.224 e. The number of carbonyl (C=O) groups excluding carboxylic acids is 1. The van der Waals surface area contributed by atoms with Gasteiger partial charge in [0.15, 0.2) is 0 Å². The molecule has 1 saturated heterocycles. The average Bonchev–Trinajstić information content (AvgIpc) is 2.90. The van der Waals surface area contributed by atoms with Crippen molar-refractivity contribution in [3.05, 3.63) is 35.4 Å². The first kappa shape index (κ1) is 15.5. The predicted molar refractivity (Wildman–Crippen MR) is 79.4 cm³/mol. The van der Waals surface area contributed by atoms with Crippen LogP contribution in [0.1, 0.15) is 11.1 Å². The zero-order valence-electron chi connectivity index (χ0n) is 12.5. The molecule has 1 aromatic carbocycles. The predicted octanol–water partition coefficient (Wildman–Crippen LogP) is 0.999. The summed E-state index contributed by atoms with van der Waals surface area (Å²) in [5.74, 6) is 0.210. The molecule has 0 spiro atoms. The van der Waals surface area contributed by atoms with E-state index in [1.807, 2.05) is 24.3 Å². The molecule has 0 radical (unpaired) electrons. The summed E-state index contributed by atoms with van der Waals surface area (Å²) in [7, 11) is 3.33. The number of likely N-dealkylation sites (tertiary alicyclic amines) is 1. The van der Waals surface area contributed by atoms with Crippen LogP contribution in [0.15, 0.2) is 24.3 Å². The van der Waals surface area contributed by atoms with Gasteiger partial charge in [-0.05, 0) is 11.6 Å². The smallest absolute Gasteiger partial charge is 0.224 e. The fourth-order valence-electron chi connectivity index (χ4n) is 2.96. The molecular weight excluding hydrogens is 266 g/mol. The van der Waals surface area contributed by atoms with Crippen LogP contribution in [0.4, 0.5) is 0 Å². The van der Waals surface area contributed by atoms with Gasteiger partial charge in [-0.1, -0.05) is 18.2 Å². The summed E-state index contributed by atoms with van der Waals surface area (Å²) in [6, 6.07) is 9.83. The highest BCUT2D eigenvalue weighted by molar-refractivity contribution is 5.79. The Morgan fingerprint density at radius 1 is 1.48 bits per heavy atom. The topological polar surface area (TPSA) is 65.4 Å². The molecule has 0 unspecified atom stereocenters. The lowest BCUT2D eigenvalue weighted by Gasteiger charge is -2.16. The lowest BCUT2D eigenvalue weighted by atomic mass is 9.96. The molecule has 2 atom stereocenters. The Bertz CT molecular complexity index is 539. The van der Waals surface area contributed by atoms with Gasteiger partial charge < -0.3 is 10.1 Å². The minimum absolute atomic E-state index is 0.0517. The van der Waals surface area contributed by atoms with E-state index in [1.54, 1.807) is 14.2 Å². The van der Waals surface area contributed by atoms with Gasteiger partial charge in [-0.15, -0.1) is 0 Å². The zero-order valence-corrected chi connectivity index (χ0v) is 12.5. The van der Waals surface area contributed by atoms with Crippen LogP contribution in [0, 0.1) is 23.2 Å². The first-order valence-corrected chi connectivity index (χ1v) is 7.10. The highest BCUT2D eigenvalue weighted by atomic mass is 16.5. The standard InChI is InChI=1S/C16H21N3O2/c1-18-16(20)15-10-19(9-14(15)11-21-2)8-13-6-4-3-5-12(13)7-17/h3-6,14-15H,8-11H2,1-2H3,(H,18,20)/t14-,15+/m0/s1. The summed E-state index contributed by atoms with van der Waals surface area (Å²) in [6.45, 7) is 2.78. The fraction of sp³-hybridized carbons (Fsp3) is 0.500. The van der Waals surface area contributed by atoms with Crippen LogP contribution in [0.25, 0.3) is 0 Å². The third-order valence-electron chi connectivity index (χ3n) is 4.01. The molecule has 1 N–H and O–H groups in total. The van der Waals surface area contributed by atoms with E-state index in [2.05, 4.69) is 16.3 Å². The summed E-state index contributed by atoms with van der Waals surface area (Å²) in [5, 5.41) is 11.9. The molecule has 1 amide bonds. The van der Waals surface area contributed by atoms with E-state index in [9.17, 15) is 4.79 Å². The van der Waals surface area contributed by atoms with Crippen LogP contribution in [-0.2, 0) is 16.1 Å². The molecule has 1 heterocycles. The molecule has 5 nitrogen and oxygen atoms in total. The van der Waals surface area contributed by atoms with Crippen molar-refractivity contribution in [2.45, 2.75) is 6.54 Å². The fourth-order valence-corrected chi connectivity index (χ4v) is 2.96. The minimum Gasteiger partial charge on any atom is -0.384 e. The van der Waals surface area contributed by atoms with E-state index >= 15 is 0 Å². The van der Waals surface area contributed by atoms with Gasteiger partial charge in [0.25, 0.3) is 0 Å². The first-order chi connectivity index (χ1) is 10.2. The Kier molecular flexibility index (Phi) is 5.32. The number of nitrogens with zero attached hydrogens (tertiary/aromatic N) is 2. The number of methoxy groups -OCH3 is 1. The Morgan fingerprint density at radius 3 is 2.90 bits per heavy atom. The number of nitrogens with one attached hydrogen (secondary N) is 1. The van der Waals surface area contributed by atoms with Gasteiger partial charge in [0.2, 0.25) is 5.91 Å². The lowest BCUT2D eigenvalue weighted by Crippen LogP contribution is -2.34. The van der Waals surface area contributed by atoms with Crippen LogP contribution < -0.4 is 5.32 Å². The third-order valence-corrected chi connectivity index (χ3v) is 4.01. The van der Waals surface area contributed by atoms with Crippen molar-refractivity contribution in [2.75, 3.05) is 33.9 Å². The van der Waals surface area contributed by atoms with Gasteiger partial charge in [-0.2, -0.15) is 5.26 Å². The number of hydrogen-bond acceptors (Lipinski definition) is 4. The highest BCUT2D eigenvalue weighted by Crippen LogP contribution is 2.26. The molecule has 1 fully saturated rings. The van der Waals surface area contributed by atoms with Crippen molar-refractivity contribution in [3.8, 4) is 6.07 Å². The van der Waals surface area contributed by atoms with E-state index in [1.165, 1.54) is 0 Å². The van der Waals surface area contributed by atoms with E-state index < -0.39 is 0 Å². The third kappa shape index (κ3) is 3.60. The van der Waals surface area contributed by atoms with E-state index in [-0.39, 0.29) is 17.7 Å². The normalized spacial score (nSPS) is 22.0. The van der Waals surface area contributed by atoms with Gasteiger partial charge in [-0.25, -0.2) is 0 Å². The highest BCUT2D eigenvalue weighted by Gasteiger charge is 2.37. The van der Waals surface area contributed by atoms with Gasteiger partial charge in [0.05, 0.1) is 24.2 Å². The van der Waals surface area contributed by atoms with Crippen molar-refractivity contribution < 1.29 is 9.53 Å². The van der Waals surface area contributed by atoms with Crippen LogP contribution in [0.2, 0.25) is 0 Å². The second kappa shape index (κ2) is 7.21. The molecule has 1 aliphatic heterocycles. The van der Waals surface area contributed by atoms with Crippen molar-refractivity contribution >= 4 is 5.91 Å². The van der Waals surface area contributed by atoms with E-state index in [0.717, 1.165) is 12.1 Å². The molecule has 0 saturated carbocycles. The monoisotopic (exact) mass is 287 g/mol. The van der Waals surface area contributed by atoms with Crippen LogP contribution in [0.5, 0.6) is 0 Å². The maximum atomic E-state index is 12.0. The van der Waals surface area contributed by atoms with Crippen molar-refractivity contribution in [1.82, 2.24) is 10.2 Å². The number of carbonyl (C=O) groups is 1. The van der Waals surface area contributed by atoms with Crippen LogP contribution >= 0.6 is 0 Å². The number of hydrogen-bond donors (Lipinski definition) is 1. The summed E-state index contributed by atoms with van der Waals surface area (Å²) in [6.07, 6.45) is 0. The summed E-state index contributed by atoms with van der Waals surface area (Å²) >= 11 is 0. The van der Waals surface area contributed by atoms with Gasteiger partial charge >= 0.3 is 0 Å². The number of benzene rings is 1. The Balaban J connectivity index is 2.08. The van der Waals surface area contributed by atoms with Crippen molar-refractivity contribution in [2.24, 2.45) is 11.8 Å².